The normalized spacial score (nSPS) is 13.1. The van der Waals surface area contributed by atoms with Crippen LogP contribution in [-0.4, -0.2) is 13.3 Å². The molecule has 0 aromatic heterocycles. The Hall–Kier alpha value is -1.09. The third kappa shape index (κ3) is 1.52. The zero-order valence-corrected chi connectivity index (χ0v) is 8.02. The molecule has 3 nitrogen and oxygen atoms in total. The van der Waals surface area contributed by atoms with Crippen LogP contribution in [0.1, 0.15) is 6.92 Å². The largest absolute Gasteiger partial charge is 0.454 e. The summed E-state index contributed by atoms with van der Waals surface area (Å²) in [6, 6.07) is 3.62. The molecule has 2 rings (SSSR count). The smallest absolute Gasteiger partial charge is 0.231 e. The Morgan fingerprint density at radius 3 is 2.77 bits per heavy atom. The van der Waals surface area contributed by atoms with Gasteiger partial charge in [0.2, 0.25) is 6.79 Å². The Bertz CT molecular complexity index is 328. The number of nitrogens with one attached hydrogen (secondary N) is 1. The lowest BCUT2D eigenvalue weighted by molar-refractivity contribution is 0.174. The first-order valence-corrected chi connectivity index (χ1v) is 4.52. The minimum Gasteiger partial charge on any atom is -0.454 e. The maximum atomic E-state index is 5.99. The van der Waals surface area contributed by atoms with Crippen LogP contribution in [0.2, 0.25) is 5.02 Å². The van der Waals surface area contributed by atoms with E-state index in [1.165, 1.54) is 0 Å². The van der Waals surface area contributed by atoms with Gasteiger partial charge in [0.05, 0.1) is 10.7 Å². The molecular formula is C9H10ClNO2. The Morgan fingerprint density at radius 1 is 1.38 bits per heavy atom. The van der Waals surface area contributed by atoms with Gasteiger partial charge < -0.3 is 14.8 Å². The number of halogens is 1. The van der Waals surface area contributed by atoms with Gasteiger partial charge in [0.15, 0.2) is 11.5 Å². The fourth-order valence-corrected chi connectivity index (χ4v) is 1.46. The van der Waals surface area contributed by atoms with Gasteiger partial charge in [-0.25, -0.2) is 0 Å². The second-order valence-corrected chi connectivity index (χ2v) is 3.12. The minimum absolute atomic E-state index is 0.279. The topological polar surface area (TPSA) is 30.5 Å². The fraction of sp³-hybridized carbons (Fsp3) is 0.333. The van der Waals surface area contributed by atoms with Crippen molar-refractivity contribution in [3.63, 3.8) is 0 Å². The van der Waals surface area contributed by atoms with Crippen molar-refractivity contribution in [3.8, 4) is 11.5 Å². The quantitative estimate of drug-likeness (QED) is 0.794. The summed E-state index contributed by atoms with van der Waals surface area (Å²) < 4.78 is 10.4. The van der Waals surface area contributed by atoms with Crippen molar-refractivity contribution in [3.05, 3.63) is 17.2 Å². The molecule has 70 valence electrons. The summed E-state index contributed by atoms with van der Waals surface area (Å²) in [7, 11) is 0. The Balaban J connectivity index is 2.37. The van der Waals surface area contributed by atoms with Crippen LogP contribution in [-0.2, 0) is 0 Å². The lowest BCUT2D eigenvalue weighted by Crippen LogP contribution is -1.96. The maximum Gasteiger partial charge on any atom is 0.231 e. The van der Waals surface area contributed by atoms with Crippen LogP contribution in [0.15, 0.2) is 12.1 Å². The van der Waals surface area contributed by atoms with Crippen LogP contribution in [0.4, 0.5) is 5.69 Å². The number of ether oxygens (including phenoxy) is 2. The highest BCUT2D eigenvalue weighted by Crippen LogP contribution is 2.38. The number of anilines is 1. The van der Waals surface area contributed by atoms with Crippen molar-refractivity contribution in [1.29, 1.82) is 0 Å². The van der Waals surface area contributed by atoms with Crippen molar-refractivity contribution in [2.45, 2.75) is 6.92 Å². The Morgan fingerprint density at radius 2 is 2.08 bits per heavy atom. The van der Waals surface area contributed by atoms with Gasteiger partial charge in [-0.3, -0.25) is 0 Å². The second kappa shape index (κ2) is 3.34. The third-order valence-electron chi connectivity index (χ3n) is 1.83. The predicted molar refractivity (Wildman–Crippen MR) is 51.7 cm³/mol. The van der Waals surface area contributed by atoms with E-state index in [-0.39, 0.29) is 6.79 Å². The molecule has 13 heavy (non-hydrogen) atoms. The molecule has 0 aliphatic carbocycles. The average Bonchev–Trinajstić information content (AvgIpc) is 2.52. The highest BCUT2D eigenvalue weighted by molar-refractivity contribution is 6.33. The van der Waals surface area contributed by atoms with Crippen LogP contribution in [0.25, 0.3) is 0 Å². The molecule has 1 heterocycles. The molecule has 0 fully saturated rings. The predicted octanol–water partition coefficient (Wildman–Crippen LogP) is 2.50. The lowest BCUT2D eigenvalue weighted by Gasteiger charge is -2.06. The summed E-state index contributed by atoms with van der Waals surface area (Å²) in [4.78, 5) is 0. The van der Waals surface area contributed by atoms with E-state index in [0.29, 0.717) is 10.8 Å². The van der Waals surface area contributed by atoms with Gasteiger partial charge in [0.1, 0.15) is 0 Å². The monoisotopic (exact) mass is 199 g/mol. The van der Waals surface area contributed by atoms with Crippen LogP contribution >= 0.6 is 11.6 Å². The average molecular weight is 200 g/mol. The van der Waals surface area contributed by atoms with E-state index < -0.39 is 0 Å². The molecule has 1 aliphatic rings. The molecule has 0 saturated carbocycles. The molecule has 0 amide bonds. The summed E-state index contributed by atoms with van der Waals surface area (Å²) >= 11 is 5.99. The fourth-order valence-electron chi connectivity index (χ4n) is 1.24. The van der Waals surface area contributed by atoms with Crippen LogP contribution in [0.5, 0.6) is 11.5 Å². The zero-order valence-electron chi connectivity index (χ0n) is 7.26. The van der Waals surface area contributed by atoms with Crippen molar-refractivity contribution in [1.82, 2.24) is 0 Å². The highest BCUT2D eigenvalue weighted by Gasteiger charge is 2.15. The van der Waals surface area contributed by atoms with Gasteiger partial charge in [0.25, 0.3) is 0 Å². The Kier molecular flexibility index (Phi) is 2.19. The van der Waals surface area contributed by atoms with Crippen LogP contribution < -0.4 is 14.8 Å². The first kappa shape index (κ1) is 8.51. The number of hydrogen-bond acceptors (Lipinski definition) is 3. The van der Waals surface area contributed by atoms with Crippen molar-refractivity contribution < 1.29 is 9.47 Å². The van der Waals surface area contributed by atoms with E-state index >= 15 is 0 Å². The van der Waals surface area contributed by atoms with Gasteiger partial charge in [-0.05, 0) is 6.92 Å². The molecule has 0 radical (unpaired) electrons. The van der Waals surface area contributed by atoms with E-state index in [1.807, 2.05) is 13.0 Å². The summed E-state index contributed by atoms with van der Waals surface area (Å²) in [5.41, 5.74) is 0.883. The molecule has 4 heteroatoms. The molecular weight excluding hydrogens is 190 g/mol. The number of benzene rings is 1. The van der Waals surface area contributed by atoms with Gasteiger partial charge in [-0.1, -0.05) is 11.6 Å². The maximum absolute atomic E-state index is 5.99. The molecule has 1 aliphatic heterocycles. The number of hydrogen-bond donors (Lipinski definition) is 1. The SMILES string of the molecule is CCNc1cc2c(cc1Cl)OCO2. The van der Waals surface area contributed by atoms with E-state index in [0.717, 1.165) is 18.0 Å². The van der Waals surface area contributed by atoms with E-state index in [2.05, 4.69) is 5.32 Å². The Labute approximate surface area is 81.6 Å². The summed E-state index contributed by atoms with van der Waals surface area (Å²) in [6.07, 6.45) is 0. The summed E-state index contributed by atoms with van der Waals surface area (Å²) in [5.74, 6) is 1.46. The standard InChI is InChI=1S/C9H10ClNO2/c1-2-11-7-4-9-8(3-6(7)10)12-5-13-9/h3-4,11H,2,5H2,1H3. The second-order valence-electron chi connectivity index (χ2n) is 2.72. The van der Waals surface area contributed by atoms with E-state index in [9.17, 15) is 0 Å². The molecule has 0 bridgehead atoms. The van der Waals surface area contributed by atoms with Gasteiger partial charge in [-0.2, -0.15) is 0 Å². The summed E-state index contributed by atoms with van der Waals surface area (Å²) in [6.45, 7) is 3.13. The van der Waals surface area contributed by atoms with Crippen LogP contribution in [0, 0.1) is 0 Å². The van der Waals surface area contributed by atoms with Crippen molar-refractivity contribution in [2.75, 3.05) is 18.7 Å². The number of fused-ring (bicyclic) bond motifs is 1. The summed E-state index contributed by atoms with van der Waals surface area (Å²) in [5, 5.41) is 3.80. The lowest BCUT2D eigenvalue weighted by atomic mass is 10.3. The molecule has 1 N–H and O–H groups in total. The molecule has 0 saturated heterocycles. The van der Waals surface area contributed by atoms with Crippen molar-refractivity contribution >= 4 is 17.3 Å². The third-order valence-corrected chi connectivity index (χ3v) is 2.14. The highest BCUT2D eigenvalue weighted by atomic mass is 35.5. The first-order valence-electron chi connectivity index (χ1n) is 4.14. The van der Waals surface area contributed by atoms with Crippen LogP contribution in [0.3, 0.4) is 0 Å². The number of rotatable bonds is 2. The van der Waals surface area contributed by atoms with E-state index in [4.69, 9.17) is 21.1 Å². The zero-order chi connectivity index (χ0) is 9.26. The van der Waals surface area contributed by atoms with E-state index in [1.54, 1.807) is 6.07 Å². The van der Waals surface area contributed by atoms with Gasteiger partial charge in [-0.15, -0.1) is 0 Å². The molecule has 1 aromatic rings. The molecule has 0 atom stereocenters. The molecule has 0 spiro atoms. The molecule has 1 aromatic carbocycles. The minimum atomic E-state index is 0.279. The van der Waals surface area contributed by atoms with Gasteiger partial charge in [0, 0.05) is 18.7 Å². The van der Waals surface area contributed by atoms with Crippen molar-refractivity contribution in [2.24, 2.45) is 0 Å². The molecule has 0 unspecified atom stereocenters. The van der Waals surface area contributed by atoms with Gasteiger partial charge >= 0.3 is 0 Å². The first-order chi connectivity index (χ1) is 6.31.